The Kier molecular flexibility index (Phi) is 4.01. The molecular formula is C21H21N3O3S. The van der Waals surface area contributed by atoms with Gasteiger partial charge >= 0.3 is 6.03 Å². The van der Waals surface area contributed by atoms with Gasteiger partial charge in [-0.1, -0.05) is 24.3 Å². The van der Waals surface area contributed by atoms with Crippen LogP contribution in [0.2, 0.25) is 0 Å². The Bertz CT molecular complexity index is 954. The third kappa shape index (κ3) is 2.73. The van der Waals surface area contributed by atoms with Gasteiger partial charge in [-0.15, -0.1) is 0 Å². The minimum Gasteiger partial charge on any atom is -0.334 e. The van der Waals surface area contributed by atoms with Crippen LogP contribution in [-0.4, -0.2) is 40.2 Å². The number of hydrogen-bond acceptors (Lipinski definition) is 4. The summed E-state index contributed by atoms with van der Waals surface area (Å²) < 4.78 is 0. The molecule has 1 aromatic carbocycles. The van der Waals surface area contributed by atoms with Crippen molar-refractivity contribution >= 4 is 29.2 Å². The second kappa shape index (κ2) is 6.44. The van der Waals surface area contributed by atoms with Crippen LogP contribution in [0.25, 0.3) is 0 Å². The van der Waals surface area contributed by atoms with Gasteiger partial charge in [0.1, 0.15) is 12.1 Å². The van der Waals surface area contributed by atoms with Crippen molar-refractivity contribution in [3.05, 3.63) is 57.8 Å². The van der Waals surface area contributed by atoms with E-state index in [1.54, 1.807) is 11.3 Å². The van der Waals surface area contributed by atoms with Gasteiger partial charge in [0.25, 0.3) is 5.91 Å². The number of hydrogen-bond donors (Lipinski definition) is 1. The summed E-state index contributed by atoms with van der Waals surface area (Å²) in [6.45, 7) is 0.333. The maximum absolute atomic E-state index is 13.2. The standard InChI is InChI=1S/C21H21N3O3S/c25-18(23(16-5-6-16)11-14-8-10-28-13-14)12-24-19(26)21(22-20(24)27)9-7-15-3-1-2-4-17(15)21/h1-4,8,10,13,16H,5-7,9,11-12H2,(H,22,27). The van der Waals surface area contributed by atoms with Gasteiger partial charge in [0, 0.05) is 12.6 Å². The Morgan fingerprint density at radius 2 is 2.07 bits per heavy atom. The summed E-state index contributed by atoms with van der Waals surface area (Å²) in [5, 5.41) is 6.91. The number of imide groups is 1. The van der Waals surface area contributed by atoms with Crippen LogP contribution in [0.5, 0.6) is 0 Å². The van der Waals surface area contributed by atoms with Crippen molar-refractivity contribution in [2.75, 3.05) is 6.54 Å². The van der Waals surface area contributed by atoms with Crippen molar-refractivity contribution in [2.45, 2.75) is 43.8 Å². The molecule has 1 unspecified atom stereocenters. The van der Waals surface area contributed by atoms with Gasteiger partial charge in [-0.2, -0.15) is 11.3 Å². The van der Waals surface area contributed by atoms with E-state index < -0.39 is 11.6 Å². The number of amides is 4. The largest absolute Gasteiger partial charge is 0.334 e. The number of carbonyl (C=O) groups excluding carboxylic acids is 3. The zero-order chi connectivity index (χ0) is 19.3. The summed E-state index contributed by atoms with van der Waals surface area (Å²) in [5.74, 6) is -0.470. The highest BCUT2D eigenvalue weighted by Gasteiger charge is 2.55. The second-order valence-corrected chi connectivity index (χ2v) is 8.55. The summed E-state index contributed by atoms with van der Waals surface area (Å²) in [6.07, 6.45) is 3.25. The Hall–Kier alpha value is -2.67. The summed E-state index contributed by atoms with van der Waals surface area (Å²) in [7, 11) is 0. The first-order chi connectivity index (χ1) is 13.6. The minimum atomic E-state index is -1.01. The van der Waals surface area contributed by atoms with Gasteiger partial charge in [0.2, 0.25) is 5.91 Å². The number of thiophene rings is 1. The van der Waals surface area contributed by atoms with E-state index in [1.807, 2.05) is 46.0 Å². The van der Waals surface area contributed by atoms with Crippen LogP contribution >= 0.6 is 11.3 Å². The molecule has 7 heteroatoms. The molecule has 1 saturated heterocycles. The van der Waals surface area contributed by atoms with Crippen molar-refractivity contribution in [1.29, 1.82) is 0 Å². The van der Waals surface area contributed by atoms with Gasteiger partial charge in [-0.05, 0) is 59.2 Å². The first-order valence-electron chi connectivity index (χ1n) is 9.61. The molecule has 3 aliphatic rings. The quantitative estimate of drug-likeness (QED) is 0.792. The summed E-state index contributed by atoms with van der Waals surface area (Å²) in [4.78, 5) is 41.8. The Morgan fingerprint density at radius 1 is 1.25 bits per heavy atom. The summed E-state index contributed by atoms with van der Waals surface area (Å²) >= 11 is 1.60. The maximum Gasteiger partial charge on any atom is 0.325 e. The molecule has 144 valence electrons. The van der Waals surface area contributed by atoms with Gasteiger partial charge < -0.3 is 10.2 Å². The fraction of sp³-hybridized carbons (Fsp3) is 0.381. The van der Waals surface area contributed by atoms with Crippen LogP contribution in [0.4, 0.5) is 4.79 Å². The minimum absolute atomic E-state index is 0.166. The van der Waals surface area contributed by atoms with E-state index in [0.717, 1.165) is 40.9 Å². The molecule has 1 aliphatic heterocycles. The predicted molar refractivity (Wildman–Crippen MR) is 105 cm³/mol. The maximum atomic E-state index is 13.2. The molecule has 28 heavy (non-hydrogen) atoms. The molecule has 4 amide bonds. The second-order valence-electron chi connectivity index (χ2n) is 7.77. The van der Waals surface area contributed by atoms with Crippen LogP contribution in [0.15, 0.2) is 41.1 Å². The molecule has 1 saturated carbocycles. The number of fused-ring (bicyclic) bond motifs is 2. The lowest BCUT2D eigenvalue weighted by molar-refractivity contribution is -0.139. The van der Waals surface area contributed by atoms with Crippen molar-refractivity contribution in [3.63, 3.8) is 0 Å². The number of nitrogens with zero attached hydrogens (tertiary/aromatic N) is 2. The molecule has 2 fully saturated rings. The molecule has 0 radical (unpaired) electrons. The van der Waals surface area contributed by atoms with Gasteiger partial charge in [0.15, 0.2) is 0 Å². The fourth-order valence-electron chi connectivity index (χ4n) is 4.35. The van der Waals surface area contributed by atoms with E-state index in [2.05, 4.69) is 5.32 Å². The van der Waals surface area contributed by atoms with Crippen molar-refractivity contribution in [3.8, 4) is 0 Å². The van der Waals surface area contributed by atoms with Crippen LogP contribution in [0.3, 0.4) is 0 Å². The highest BCUT2D eigenvalue weighted by Crippen LogP contribution is 2.41. The molecule has 2 aliphatic carbocycles. The topological polar surface area (TPSA) is 69.7 Å². The Balaban J connectivity index is 1.36. The van der Waals surface area contributed by atoms with Gasteiger partial charge in [-0.25, -0.2) is 4.79 Å². The van der Waals surface area contributed by atoms with Gasteiger partial charge in [-0.3, -0.25) is 14.5 Å². The van der Waals surface area contributed by atoms with Crippen LogP contribution in [0, 0.1) is 0 Å². The monoisotopic (exact) mass is 395 g/mol. The number of rotatable bonds is 5. The average Bonchev–Trinajstić information content (AvgIpc) is 3.19. The normalized spacial score (nSPS) is 23.2. The number of nitrogens with one attached hydrogen (secondary N) is 1. The SMILES string of the molecule is O=C1NC2(CCc3ccccc32)C(=O)N1CC(=O)N(Cc1ccsc1)C1CC1. The lowest BCUT2D eigenvalue weighted by atomic mass is 9.92. The van der Waals surface area contributed by atoms with E-state index in [1.165, 1.54) is 0 Å². The van der Waals surface area contributed by atoms with E-state index >= 15 is 0 Å². The molecule has 1 N–H and O–H groups in total. The van der Waals surface area contributed by atoms with Crippen molar-refractivity contribution in [1.82, 2.24) is 15.1 Å². The number of aryl methyl sites for hydroxylation is 1. The lowest BCUT2D eigenvalue weighted by Gasteiger charge is -2.25. The summed E-state index contributed by atoms with van der Waals surface area (Å²) in [6, 6.07) is 9.47. The molecule has 0 bridgehead atoms. The van der Waals surface area contributed by atoms with E-state index in [9.17, 15) is 14.4 Å². The number of carbonyl (C=O) groups is 3. The molecule has 1 spiro atoms. The summed E-state index contributed by atoms with van der Waals surface area (Å²) in [5.41, 5.74) is 2.02. The predicted octanol–water partition coefficient (Wildman–Crippen LogP) is 2.63. The number of benzene rings is 1. The fourth-order valence-corrected chi connectivity index (χ4v) is 5.01. The van der Waals surface area contributed by atoms with Gasteiger partial charge in [0.05, 0.1) is 0 Å². The van der Waals surface area contributed by atoms with E-state index in [0.29, 0.717) is 13.0 Å². The first kappa shape index (κ1) is 17.4. The number of urea groups is 1. The first-order valence-corrected chi connectivity index (χ1v) is 10.6. The smallest absolute Gasteiger partial charge is 0.325 e. The highest BCUT2D eigenvalue weighted by molar-refractivity contribution is 7.07. The Morgan fingerprint density at radius 3 is 2.82 bits per heavy atom. The van der Waals surface area contributed by atoms with Crippen molar-refractivity contribution < 1.29 is 14.4 Å². The molecule has 1 atom stereocenters. The van der Waals surface area contributed by atoms with Crippen molar-refractivity contribution in [2.24, 2.45) is 0 Å². The van der Waals surface area contributed by atoms with Crippen LogP contribution in [-0.2, 0) is 28.1 Å². The lowest BCUT2D eigenvalue weighted by Crippen LogP contribution is -2.45. The third-order valence-corrected chi connectivity index (χ3v) is 6.69. The molecule has 6 nitrogen and oxygen atoms in total. The van der Waals surface area contributed by atoms with E-state index in [-0.39, 0.29) is 24.4 Å². The third-order valence-electron chi connectivity index (χ3n) is 5.96. The molecule has 5 rings (SSSR count). The molecule has 2 heterocycles. The average molecular weight is 395 g/mol. The van der Waals surface area contributed by atoms with Crippen LogP contribution < -0.4 is 5.32 Å². The Labute approximate surface area is 167 Å². The van der Waals surface area contributed by atoms with E-state index in [4.69, 9.17) is 0 Å². The molecule has 1 aromatic heterocycles. The zero-order valence-corrected chi connectivity index (χ0v) is 16.2. The van der Waals surface area contributed by atoms with Crippen LogP contribution in [0.1, 0.15) is 36.0 Å². The molecule has 2 aromatic rings. The highest BCUT2D eigenvalue weighted by atomic mass is 32.1. The molecular weight excluding hydrogens is 374 g/mol. The zero-order valence-electron chi connectivity index (χ0n) is 15.4.